The lowest BCUT2D eigenvalue weighted by atomic mass is 10.1. The molecule has 0 spiro atoms. The molecule has 0 aliphatic heterocycles. The van der Waals surface area contributed by atoms with Gasteiger partial charge in [-0.05, 0) is 37.2 Å². The summed E-state index contributed by atoms with van der Waals surface area (Å²) in [5.41, 5.74) is 1.85. The number of benzene rings is 2. The van der Waals surface area contributed by atoms with E-state index in [0.717, 1.165) is 11.1 Å². The highest BCUT2D eigenvalue weighted by Gasteiger charge is 2.12. The molecular formula is C19H23FN2O2. The predicted octanol–water partition coefficient (Wildman–Crippen LogP) is 3.14. The zero-order chi connectivity index (χ0) is 17.5. The van der Waals surface area contributed by atoms with Crippen molar-refractivity contribution >= 4 is 5.91 Å². The van der Waals surface area contributed by atoms with Gasteiger partial charge >= 0.3 is 0 Å². The zero-order valence-electron chi connectivity index (χ0n) is 14.3. The van der Waals surface area contributed by atoms with Crippen LogP contribution in [0.4, 0.5) is 4.39 Å². The van der Waals surface area contributed by atoms with Crippen molar-refractivity contribution in [1.29, 1.82) is 0 Å². The third kappa shape index (κ3) is 5.06. The van der Waals surface area contributed by atoms with Crippen molar-refractivity contribution in [3.05, 3.63) is 65.5 Å². The molecule has 0 aromatic heterocycles. The molecule has 0 radical (unpaired) electrons. The molecule has 2 aromatic rings. The molecule has 1 unspecified atom stereocenters. The largest absolute Gasteiger partial charge is 0.494 e. The van der Waals surface area contributed by atoms with Gasteiger partial charge < -0.3 is 10.1 Å². The average molecular weight is 330 g/mol. The first-order valence-electron chi connectivity index (χ1n) is 7.85. The van der Waals surface area contributed by atoms with E-state index in [2.05, 4.69) is 5.32 Å². The van der Waals surface area contributed by atoms with Gasteiger partial charge in [-0.2, -0.15) is 0 Å². The standard InChI is InChI=1S/C19H23FN2O2/c1-14(16-7-5-4-6-8-16)21-19(23)13-22(2)12-15-9-10-18(24-3)17(20)11-15/h4-11,14H,12-13H2,1-3H3,(H,21,23). The average Bonchev–Trinajstić information content (AvgIpc) is 2.55. The summed E-state index contributed by atoms with van der Waals surface area (Å²) in [6, 6.07) is 14.6. The maximum Gasteiger partial charge on any atom is 0.234 e. The van der Waals surface area contributed by atoms with Crippen molar-refractivity contribution in [1.82, 2.24) is 10.2 Å². The van der Waals surface area contributed by atoms with E-state index in [9.17, 15) is 9.18 Å². The molecule has 0 fully saturated rings. The van der Waals surface area contributed by atoms with Gasteiger partial charge in [0.15, 0.2) is 11.6 Å². The number of carbonyl (C=O) groups excluding carboxylic acids is 1. The minimum atomic E-state index is -0.398. The lowest BCUT2D eigenvalue weighted by molar-refractivity contribution is -0.122. The van der Waals surface area contributed by atoms with Crippen molar-refractivity contribution in [3.63, 3.8) is 0 Å². The van der Waals surface area contributed by atoms with Crippen LogP contribution in [0.2, 0.25) is 0 Å². The van der Waals surface area contributed by atoms with Crippen LogP contribution >= 0.6 is 0 Å². The second-order valence-corrected chi connectivity index (χ2v) is 5.84. The quantitative estimate of drug-likeness (QED) is 0.848. The SMILES string of the molecule is COc1ccc(CN(C)CC(=O)NC(C)c2ccccc2)cc1F. The van der Waals surface area contributed by atoms with E-state index in [0.29, 0.717) is 6.54 Å². The van der Waals surface area contributed by atoms with Gasteiger partial charge in [0.2, 0.25) is 5.91 Å². The normalized spacial score (nSPS) is 12.0. The second kappa shape index (κ2) is 8.45. The summed E-state index contributed by atoms with van der Waals surface area (Å²) >= 11 is 0. The molecule has 0 aliphatic carbocycles. The van der Waals surface area contributed by atoms with E-state index in [1.807, 2.05) is 49.2 Å². The van der Waals surface area contributed by atoms with Gasteiger partial charge in [-0.25, -0.2) is 4.39 Å². The molecule has 1 N–H and O–H groups in total. The Morgan fingerprint density at radius 2 is 1.96 bits per heavy atom. The number of hydrogen-bond acceptors (Lipinski definition) is 3. The number of nitrogens with zero attached hydrogens (tertiary/aromatic N) is 1. The van der Waals surface area contributed by atoms with E-state index >= 15 is 0 Å². The van der Waals surface area contributed by atoms with Crippen molar-refractivity contribution in [2.75, 3.05) is 20.7 Å². The summed E-state index contributed by atoms with van der Waals surface area (Å²) < 4.78 is 18.6. The highest BCUT2D eigenvalue weighted by atomic mass is 19.1. The summed E-state index contributed by atoms with van der Waals surface area (Å²) in [5, 5.41) is 2.97. The monoisotopic (exact) mass is 330 g/mol. The number of carbonyl (C=O) groups is 1. The van der Waals surface area contributed by atoms with E-state index in [-0.39, 0.29) is 24.2 Å². The maximum absolute atomic E-state index is 13.7. The van der Waals surface area contributed by atoms with Gasteiger partial charge in [0.1, 0.15) is 0 Å². The van der Waals surface area contributed by atoms with Crippen LogP contribution in [0.1, 0.15) is 24.1 Å². The molecule has 0 saturated heterocycles. The van der Waals surface area contributed by atoms with Crippen LogP contribution < -0.4 is 10.1 Å². The first-order valence-corrected chi connectivity index (χ1v) is 7.85. The summed E-state index contributed by atoms with van der Waals surface area (Å²) in [7, 11) is 3.26. The van der Waals surface area contributed by atoms with Gasteiger partial charge in [-0.15, -0.1) is 0 Å². The molecule has 24 heavy (non-hydrogen) atoms. The van der Waals surface area contributed by atoms with Crippen LogP contribution in [0.15, 0.2) is 48.5 Å². The Hall–Kier alpha value is -2.40. The van der Waals surface area contributed by atoms with Crippen LogP contribution in [-0.2, 0) is 11.3 Å². The van der Waals surface area contributed by atoms with Crippen LogP contribution in [0.25, 0.3) is 0 Å². The highest BCUT2D eigenvalue weighted by Crippen LogP contribution is 2.18. The topological polar surface area (TPSA) is 41.6 Å². The maximum atomic E-state index is 13.7. The van der Waals surface area contributed by atoms with Gasteiger partial charge in [0, 0.05) is 6.54 Å². The van der Waals surface area contributed by atoms with Crippen LogP contribution in [0.3, 0.4) is 0 Å². The van der Waals surface area contributed by atoms with Crippen LogP contribution in [-0.4, -0.2) is 31.5 Å². The second-order valence-electron chi connectivity index (χ2n) is 5.84. The van der Waals surface area contributed by atoms with Gasteiger partial charge in [-0.3, -0.25) is 9.69 Å². The summed E-state index contributed by atoms with van der Waals surface area (Å²) in [5.74, 6) is -0.246. The van der Waals surface area contributed by atoms with Gasteiger partial charge in [-0.1, -0.05) is 36.4 Å². The number of rotatable bonds is 7. The number of halogens is 1. The molecule has 0 aliphatic rings. The summed E-state index contributed by atoms with van der Waals surface area (Å²) in [6.07, 6.45) is 0. The lowest BCUT2D eigenvalue weighted by Gasteiger charge is -2.19. The fourth-order valence-electron chi connectivity index (χ4n) is 2.53. The Labute approximate surface area is 142 Å². The smallest absolute Gasteiger partial charge is 0.234 e. The molecule has 128 valence electrons. The van der Waals surface area contributed by atoms with Crippen LogP contribution in [0.5, 0.6) is 5.75 Å². The number of methoxy groups -OCH3 is 1. The number of nitrogens with one attached hydrogen (secondary N) is 1. The molecule has 0 bridgehead atoms. The van der Waals surface area contributed by atoms with Crippen molar-refractivity contribution < 1.29 is 13.9 Å². The third-order valence-electron chi connectivity index (χ3n) is 3.76. The summed E-state index contributed by atoms with van der Waals surface area (Å²) in [4.78, 5) is 14.0. The van der Waals surface area contributed by atoms with Crippen molar-refractivity contribution in [2.24, 2.45) is 0 Å². The van der Waals surface area contributed by atoms with Gasteiger partial charge in [0.05, 0.1) is 19.7 Å². The minimum absolute atomic E-state index is 0.0504. The summed E-state index contributed by atoms with van der Waals surface area (Å²) in [6.45, 7) is 2.67. The molecule has 2 aromatic carbocycles. The Morgan fingerprint density at radius 1 is 1.25 bits per heavy atom. The van der Waals surface area contributed by atoms with E-state index < -0.39 is 5.82 Å². The minimum Gasteiger partial charge on any atom is -0.494 e. The number of hydrogen-bond donors (Lipinski definition) is 1. The van der Waals surface area contributed by atoms with E-state index in [4.69, 9.17) is 4.74 Å². The molecule has 1 amide bonds. The Kier molecular flexibility index (Phi) is 6.32. The Balaban J connectivity index is 1.86. The third-order valence-corrected chi connectivity index (χ3v) is 3.76. The van der Waals surface area contributed by atoms with Gasteiger partial charge in [0.25, 0.3) is 0 Å². The molecule has 0 heterocycles. The predicted molar refractivity (Wildman–Crippen MR) is 92.3 cm³/mol. The first-order chi connectivity index (χ1) is 11.5. The number of amides is 1. The van der Waals surface area contributed by atoms with Crippen LogP contribution in [0, 0.1) is 5.82 Å². The Bertz CT molecular complexity index is 676. The van der Waals surface area contributed by atoms with E-state index in [1.54, 1.807) is 12.1 Å². The highest BCUT2D eigenvalue weighted by molar-refractivity contribution is 5.78. The zero-order valence-corrected chi connectivity index (χ0v) is 14.3. The first kappa shape index (κ1) is 17.9. The van der Waals surface area contributed by atoms with Crippen molar-refractivity contribution in [2.45, 2.75) is 19.5 Å². The molecule has 2 rings (SSSR count). The molecule has 4 nitrogen and oxygen atoms in total. The molecular weight excluding hydrogens is 307 g/mol. The molecule has 5 heteroatoms. The number of ether oxygens (including phenoxy) is 1. The van der Waals surface area contributed by atoms with E-state index in [1.165, 1.54) is 13.2 Å². The van der Waals surface area contributed by atoms with Crippen molar-refractivity contribution in [3.8, 4) is 5.75 Å². The number of likely N-dealkylation sites (N-methyl/N-ethyl adjacent to an activating group) is 1. The molecule has 0 saturated carbocycles. The Morgan fingerprint density at radius 3 is 2.58 bits per heavy atom. The molecule has 1 atom stereocenters. The lowest BCUT2D eigenvalue weighted by Crippen LogP contribution is -2.36. The fraction of sp³-hybridized carbons (Fsp3) is 0.316. The fourth-order valence-corrected chi connectivity index (χ4v) is 2.53.